The number of carbonyl (C=O) groups is 1. The molecule has 5 nitrogen and oxygen atoms in total. The van der Waals surface area contributed by atoms with Crippen LogP contribution in [0.15, 0.2) is 48.7 Å². The molecule has 2 heterocycles. The number of aromatic nitrogens is 1. The normalized spacial score (nSPS) is 14.7. The van der Waals surface area contributed by atoms with Crippen LogP contribution in [-0.2, 0) is 4.74 Å². The molecule has 1 saturated heterocycles. The van der Waals surface area contributed by atoms with Crippen LogP contribution < -0.4 is 9.80 Å². The molecule has 0 unspecified atom stereocenters. The number of rotatable bonds is 3. The minimum absolute atomic E-state index is 0.110. The molecule has 1 aromatic heterocycles. The Morgan fingerprint density at radius 1 is 1.18 bits per heavy atom. The number of carbonyl (C=O) groups excluding carboxylic acids is 1. The van der Waals surface area contributed by atoms with Crippen molar-refractivity contribution in [3.63, 3.8) is 0 Å². The van der Waals surface area contributed by atoms with Gasteiger partial charge in [-0.15, -0.1) is 0 Å². The summed E-state index contributed by atoms with van der Waals surface area (Å²) in [5, 5.41) is 0. The van der Waals surface area contributed by atoms with Crippen molar-refractivity contribution in [3.05, 3.63) is 54.4 Å². The summed E-state index contributed by atoms with van der Waals surface area (Å²) >= 11 is 0. The Bertz CT molecular complexity index is 639. The number of anilines is 2. The van der Waals surface area contributed by atoms with Gasteiger partial charge < -0.3 is 14.5 Å². The van der Waals surface area contributed by atoms with E-state index >= 15 is 0 Å². The van der Waals surface area contributed by atoms with Gasteiger partial charge in [0.2, 0.25) is 0 Å². The molecule has 0 spiro atoms. The smallest absolute Gasteiger partial charge is 0.276 e. The van der Waals surface area contributed by atoms with E-state index in [0.717, 1.165) is 37.7 Å². The summed E-state index contributed by atoms with van der Waals surface area (Å²) < 4.78 is 5.36. The van der Waals surface area contributed by atoms with Gasteiger partial charge in [-0.1, -0.05) is 18.2 Å². The molecular weight excluding hydrogens is 278 g/mol. The Kier molecular flexibility index (Phi) is 4.34. The second-order valence-corrected chi connectivity index (χ2v) is 5.20. The van der Waals surface area contributed by atoms with Crippen molar-refractivity contribution in [3.8, 4) is 0 Å². The van der Waals surface area contributed by atoms with Gasteiger partial charge >= 0.3 is 0 Å². The van der Waals surface area contributed by atoms with Crippen molar-refractivity contribution in [2.75, 3.05) is 43.2 Å². The predicted molar refractivity (Wildman–Crippen MR) is 86.4 cm³/mol. The molecule has 1 aliphatic heterocycles. The van der Waals surface area contributed by atoms with Gasteiger partial charge in [0.1, 0.15) is 5.69 Å². The first-order chi connectivity index (χ1) is 10.8. The summed E-state index contributed by atoms with van der Waals surface area (Å²) in [7, 11) is 1.76. The van der Waals surface area contributed by atoms with Gasteiger partial charge in [0.05, 0.1) is 13.2 Å². The average molecular weight is 297 g/mol. The zero-order valence-corrected chi connectivity index (χ0v) is 12.6. The molecule has 0 atom stereocenters. The van der Waals surface area contributed by atoms with Crippen LogP contribution in [0.3, 0.4) is 0 Å². The molecule has 0 aliphatic carbocycles. The second-order valence-electron chi connectivity index (χ2n) is 5.20. The van der Waals surface area contributed by atoms with Crippen molar-refractivity contribution in [2.45, 2.75) is 0 Å². The largest absolute Gasteiger partial charge is 0.378 e. The van der Waals surface area contributed by atoms with Crippen LogP contribution in [-0.4, -0.2) is 44.2 Å². The Labute approximate surface area is 130 Å². The summed E-state index contributed by atoms with van der Waals surface area (Å²) in [4.78, 5) is 20.7. The third-order valence-corrected chi connectivity index (χ3v) is 3.79. The van der Waals surface area contributed by atoms with Crippen molar-refractivity contribution in [1.82, 2.24) is 4.98 Å². The summed E-state index contributed by atoms with van der Waals surface area (Å²) in [5.74, 6) is -0.110. The van der Waals surface area contributed by atoms with Gasteiger partial charge in [-0.05, 0) is 24.3 Å². The van der Waals surface area contributed by atoms with Gasteiger partial charge in [-0.2, -0.15) is 0 Å². The lowest BCUT2D eigenvalue weighted by atomic mass is 10.2. The molecule has 2 aromatic rings. The number of benzene rings is 1. The van der Waals surface area contributed by atoms with Crippen LogP contribution in [0.2, 0.25) is 0 Å². The molecule has 0 bridgehead atoms. The average Bonchev–Trinajstić information content (AvgIpc) is 2.62. The minimum Gasteiger partial charge on any atom is -0.378 e. The molecule has 1 amide bonds. The van der Waals surface area contributed by atoms with Crippen LogP contribution in [0.4, 0.5) is 11.4 Å². The maximum Gasteiger partial charge on any atom is 0.276 e. The monoisotopic (exact) mass is 297 g/mol. The molecule has 0 radical (unpaired) electrons. The molecule has 0 N–H and O–H groups in total. The number of hydrogen-bond acceptors (Lipinski definition) is 4. The summed E-state index contributed by atoms with van der Waals surface area (Å²) in [6.07, 6.45) is 1.69. The molecular formula is C17H19N3O2. The minimum atomic E-state index is -0.110. The van der Waals surface area contributed by atoms with Gasteiger partial charge in [0.15, 0.2) is 0 Å². The van der Waals surface area contributed by atoms with Crippen LogP contribution in [0, 0.1) is 0 Å². The molecule has 1 aromatic carbocycles. The SMILES string of the molecule is CN(C(=O)c1cc(N2CCOCC2)ccn1)c1ccccc1. The van der Waals surface area contributed by atoms with Gasteiger partial charge in [0, 0.05) is 37.7 Å². The first-order valence-corrected chi connectivity index (χ1v) is 7.37. The highest BCUT2D eigenvalue weighted by Gasteiger charge is 2.17. The fraction of sp³-hybridized carbons (Fsp3) is 0.294. The maximum atomic E-state index is 12.6. The quantitative estimate of drug-likeness (QED) is 0.871. The number of hydrogen-bond donors (Lipinski definition) is 0. The summed E-state index contributed by atoms with van der Waals surface area (Å²) in [6, 6.07) is 13.4. The van der Waals surface area contributed by atoms with E-state index in [-0.39, 0.29) is 5.91 Å². The predicted octanol–water partition coefficient (Wildman–Crippen LogP) is 2.19. The van der Waals surface area contributed by atoms with E-state index in [1.165, 1.54) is 0 Å². The third kappa shape index (κ3) is 3.09. The highest BCUT2D eigenvalue weighted by molar-refractivity contribution is 6.04. The number of amides is 1. The van der Waals surface area contributed by atoms with Crippen LogP contribution in [0.5, 0.6) is 0 Å². The zero-order chi connectivity index (χ0) is 15.4. The van der Waals surface area contributed by atoms with Crippen molar-refractivity contribution in [2.24, 2.45) is 0 Å². The number of ether oxygens (including phenoxy) is 1. The van der Waals surface area contributed by atoms with E-state index in [0.29, 0.717) is 5.69 Å². The Balaban J connectivity index is 1.80. The molecule has 1 fully saturated rings. The van der Waals surface area contributed by atoms with Crippen molar-refractivity contribution in [1.29, 1.82) is 0 Å². The van der Waals surface area contributed by atoms with E-state index in [9.17, 15) is 4.79 Å². The lowest BCUT2D eigenvalue weighted by Gasteiger charge is -2.29. The van der Waals surface area contributed by atoms with E-state index in [1.54, 1.807) is 18.1 Å². The van der Waals surface area contributed by atoms with E-state index in [1.807, 2.05) is 42.5 Å². The molecule has 1 aliphatic rings. The molecule has 0 saturated carbocycles. The lowest BCUT2D eigenvalue weighted by Crippen LogP contribution is -2.36. The summed E-state index contributed by atoms with van der Waals surface area (Å²) in [6.45, 7) is 3.11. The Morgan fingerprint density at radius 2 is 1.91 bits per heavy atom. The fourth-order valence-electron chi connectivity index (χ4n) is 2.50. The van der Waals surface area contributed by atoms with Gasteiger partial charge in [-0.25, -0.2) is 0 Å². The Morgan fingerprint density at radius 3 is 2.64 bits per heavy atom. The number of nitrogens with zero attached hydrogens (tertiary/aromatic N) is 3. The van der Waals surface area contributed by atoms with E-state index < -0.39 is 0 Å². The highest BCUT2D eigenvalue weighted by atomic mass is 16.5. The topological polar surface area (TPSA) is 45.7 Å². The number of para-hydroxylation sites is 1. The lowest BCUT2D eigenvalue weighted by molar-refractivity contribution is 0.0988. The standard InChI is InChI=1S/C17H19N3O2/c1-19(14-5-3-2-4-6-14)17(21)16-13-15(7-8-18-16)20-9-11-22-12-10-20/h2-8,13H,9-12H2,1H3. The van der Waals surface area contributed by atoms with E-state index in [4.69, 9.17) is 4.74 Å². The van der Waals surface area contributed by atoms with E-state index in [2.05, 4.69) is 9.88 Å². The van der Waals surface area contributed by atoms with Crippen LogP contribution >= 0.6 is 0 Å². The first-order valence-electron chi connectivity index (χ1n) is 7.37. The van der Waals surface area contributed by atoms with Crippen molar-refractivity contribution >= 4 is 17.3 Å². The Hall–Kier alpha value is -2.40. The third-order valence-electron chi connectivity index (χ3n) is 3.79. The number of pyridine rings is 1. The maximum absolute atomic E-state index is 12.6. The molecule has 3 rings (SSSR count). The van der Waals surface area contributed by atoms with Gasteiger partial charge in [-0.3, -0.25) is 9.78 Å². The summed E-state index contributed by atoms with van der Waals surface area (Å²) in [5.41, 5.74) is 2.32. The van der Waals surface area contributed by atoms with Crippen LogP contribution in [0.1, 0.15) is 10.5 Å². The van der Waals surface area contributed by atoms with Gasteiger partial charge in [0.25, 0.3) is 5.91 Å². The fourth-order valence-corrected chi connectivity index (χ4v) is 2.50. The van der Waals surface area contributed by atoms with Crippen LogP contribution in [0.25, 0.3) is 0 Å². The first kappa shape index (κ1) is 14.5. The van der Waals surface area contributed by atoms with Crippen molar-refractivity contribution < 1.29 is 9.53 Å². The molecule has 5 heteroatoms. The molecule has 22 heavy (non-hydrogen) atoms. The molecule has 114 valence electrons. The highest BCUT2D eigenvalue weighted by Crippen LogP contribution is 2.19. The zero-order valence-electron chi connectivity index (χ0n) is 12.6. The second kappa shape index (κ2) is 6.58. The number of morpholine rings is 1.